The number of benzene rings is 2. The second-order valence-electron chi connectivity index (χ2n) is 4.86. The fourth-order valence-electron chi connectivity index (χ4n) is 2.46. The Bertz CT molecular complexity index is 922. The van der Waals surface area contributed by atoms with Gasteiger partial charge in [-0.25, -0.2) is 4.98 Å². The molecule has 0 bridgehead atoms. The first kappa shape index (κ1) is 15.8. The number of para-hydroxylation sites is 2. The van der Waals surface area contributed by atoms with E-state index in [-0.39, 0.29) is 11.4 Å². The second kappa shape index (κ2) is 6.60. The van der Waals surface area contributed by atoms with E-state index in [2.05, 4.69) is 4.98 Å². The molecule has 4 nitrogen and oxygen atoms in total. The minimum Gasteiger partial charge on any atom is -0.492 e. The maximum absolute atomic E-state index is 13.0. The van der Waals surface area contributed by atoms with Crippen LogP contribution in [0.2, 0.25) is 5.02 Å². The van der Waals surface area contributed by atoms with E-state index >= 15 is 0 Å². The second-order valence-corrected chi connectivity index (χ2v) is 5.57. The summed E-state index contributed by atoms with van der Waals surface area (Å²) >= 11 is 12.0. The summed E-state index contributed by atoms with van der Waals surface area (Å²) in [5.74, 6) is 1.17. The van der Waals surface area contributed by atoms with Gasteiger partial charge in [-0.3, -0.25) is 9.36 Å². The Kier molecular flexibility index (Phi) is 4.55. The summed E-state index contributed by atoms with van der Waals surface area (Å²) in [4.78, 5) is 17.5. The van der Waals surface area contributed by atoms with Gasteiger partial charge in [0.05, 0.1) is 29.1 Å². The number of nitrogens with zero attached hydrogens (tertiary/aromatic N) is 2. The van der Waals surface area contributed by atoms with Crippen LogP contribution in [0.3, 0.4) is 0 Å². The van der Waals surface area contributed by atoms with Gasteiger partial charge >= 0.3 is 0 Å². The normalized spacial score (nSPS) is 10.9. The Morgan fingerprint density at radius 1 is 1.22 bits per heavy atom. The average Bonchev–Trinajstić information content (AvgIpc) is 2.56. The van der Waals surface area contributed by atoms with Crippen LogP contribution in [-0.2, 0) is 5.88 Å². The molecule has 3 aromatic rings. The SMILES string of the molecule is CCOc1ccccc1-n1c(CCl)nc2ccc(Cl)cc2c1=O. The van der Waals surface area contributed by atoms with Crippen molar-refractivity contribution < 1.29 is 4.74 Å². The zero-order valence-electron chi connectivity index (χ0n) is 12.4. The van der Waals surface area contributed by atoms with E-state index in [1.807, 2.05) is 25.1 Å². The Morgan fingerprint density at radius 3 is 2.74 bits per heavy atom. The van der Waals surface area contributed by atoms with Crippen LogP contribution in [0, 0.1) is 0 Å². The van der Waals surface area contributed by atoms with Crippen LogP contribution in [0.4, 0.5) is 0 Å². The van der Waals surface area contributed by atoms with Gasteiger partial charge in [0, 0.05) is 5.02 Å². The molecule has 0 aliphatic carbocycles. The molecule has 0 aliphatic rings. The maximum Gasteiger partial charge on any atom is 0.266 e. The number of rotatable bonds is 4. The average molecular weight is 349 g/mol. The van der Waals surface area contributed by atoms with Crippen LogP contribution < -0.4 is 10.3 Å². The highest BCUT2D eigenvalue weighted by atomic mass is 35.5. The van der Waals surface area contributed by atoms with Crippen molar-refractivity contribution in [1.82, 2.24) is 9.55 Å². The Hall–Kier alpha value is -2.04. The van der Waals surface area contributed by atoms with E-state index in [0.717, 1.165) is 0 Å². The van der Waals surface area contributed by atoms with Gasteiger partial charge in [-0.2, -0.15) is 0 Å². The highest BCUT2D eigenvalue weighted by molar-refractivity contribution is 6.31. The predicted octanol–water partition coefficient (Wildman–Crippen LogP) is 4.18. The molecule has 0 saturated carbocycles. The largest absolute Gasteiger partial charge is 0.492 e. The van der Waals surface area contributed by atoms with Crippen LogP contribution in [0.25, 0.3) is 16.6 Å². The van der Waals surface area contributed by atoms with Crippen LogP contribution >= 0.6 is 23.2 Å². The maximum atomic E-state index is 13.0. The monoisotopic (exact) mass is 348 g/mol. The molecule has 2 aromatic carbocycles. The summed E-state index contributed by atoms with van der Waals surface area (Å²) < 4.78 is 7.11. The minimum absolute atomic E-state index is 0.105. The van der Waals surface area contributed by atoms with Crippen molar-refractivity contribution in [2.24, 2.45) is 0 Å². The molecule has 0 amide bonds. The van der Waals surface area contributed by atoms with Gasteiger partial charge in [-0.15, -0.1) is 11.6 Å². The standard InChI is InChI=1S/C17H14Cl2N2O2/c1-2-23-15-6-4-3-5-14(15)21-16(10-18)20-13-8-7-11(19)9-12(13)17(21)22/h3-9H,2,10H2,1H3. The van der Waals surface area contributed by atoms with E-state index in [1.54, 1.807) is 24.3 Å². The molecule has 23 heavy (non-hydrogen) atoms. The molecule has 1 heterocycles. The van der Waals surface area contributed by atoms with Crippen molar-refractivity contribution in [3.05, 3.63) is 63.7 Å². The number of halogens is 2. The molecule has 0 spiro atoms. The number of aromatic nitrogens is 2. The smallest absolute Gasteiger partial charge is 0.266 e. The predicted molar refractivity (Wildman–Crippen MR) is 93.1 cm³/mol. The fraction of sp³-hybridized carbons (Fsp3) is 0.176. The summed E-state index contributed by atoms with van der Waals surface area (Å²) in [7, 11) is 0. The third-order valence-electron chi connectivity index (χ3n) is 3.43. The summed E-state index contributed by atoms with van der Waals surface area (Å²) in [6.45, 7) is 2.38. The molecular formula is C17H14Cl2N2O2. The molecule has 0 unspecified atom stereocenters. The molecule has 0 saturated heterocycles. The minimum atomic E-state index is -0.222. The molecule has 0 radical (unpaired) electrons. The molecule has 1 aromatic heterocycles. The van der Waals surface area contributed by atoms with Crippen LogP contribution in [0.1, 0.15) is 12.7 Å². The van der Waals surface area contributed by atoms with Crippen LogP contribution in [0.15, 0.2) is 47.3 Å². The third kappa shape index (κ3) is 2.92. The zero-order valence-corrected chi connectivity index (χ0v) is 13.9. The zero-order chi connectivity index (χ0) is 16.4. The topological polar surface area (TPSA) is 44.1 Å². The lowest BCUT2D eigenvalue weighted by Gasteiger charge is -2.15. The van der Waals surface area contributed by atoms with Crippen molar-refractivity contribution in [3.63, 3.8) is 0 Å². The number of hydrogen-bond acceptors (Lipinski definition) is 3. The van der Waals surface area contributed by atoms with Gasteiger partial charge in [0.1, 0.15) is 11.6 Å². The molecule has 3 rings (SSSR count). The van der Waals surface area contributed by atoms with E-state index in [9.17, 15) is 4.79 Å². The molecule has 0 atom stereocenters. The molecule has 6 heteroatoms. The first-order valence-corrected chi connectivity index (χ1v) is 8.06. The van der Waals surface area contributed by atoms with Gasteiger partial charge in [0.25, 0.3) is 5.56 Å². The van der Waals surface area contributed by atoms with Gasteiger partial charge in [-0.1, -0.05) is 23.7 Å². The van der Waals surface area contributed by atoms with Crippen LogP contribution in [0.5, 0.6) is 5.75 Å². The third-order valence-corrected chi connectivity index (χ3v) is 3.90. The molecule has 118 valence electrons. The summed E-state index contributed by atoms with van der Waals surface area (Å²) in [5.41, 5.74) is 0.963. The first-order valence-electron chi connectivity index (χ1n) is 7.15. The fourth-order valence-corrected chi connectivity index (χ4v) is 2.81. The molecule has 0 N–H and O–H groups in total. The highest BCUT2D eigenvalue weighted by Crippen LogP contribution is 2.24. The van der Waals surface area contributed by atoms with Gasteiger partial charge in [0.15, 0.2) is 0 Å². The quantitative estimate of drug-likeness (QED) is 0.664. The Balaban J connectivity index is 2.37. The Morgan fingerprint density at radius 2 is 2.00 bits per heavy atom. The van der Waals surface area contributed by atoms with E-state index in [4.69, 9.17) is 27.9 Å². The van der Waals surface area contributed by atoms with Gasteiger partial charge in [-0.05, 0) is 37.3 Å². The highest BCUT2D eigenvalue weighted by Gasteiger charge is 2.15. The summed E-state index contributed by atoms with van der Waals surface area (Å²) in [5, 5.41) is 0.928. The number of fused-ring (bicyclic) bond motifs is 1. The van der Waals surface area contributed by atoms with E-state index in [0.29, 0.717) is 39.8 Å². The molecule has 0 aliphatic heterocycles. The molecule has 0 fully saturated rings. The van der Waals surface area contributed by atoms with Gasteiger partial charge < -0.3 is 4.74 Å². The van der Waals surface area contributed by atoms with Crippen molar-refractivity contribution >= 4 is 34.1 Å². The number of hydrogen-bond donors (Lipinski definition) is 0. The number of ether oxygens (including phenoxy) is 1. The lowest BCUT2D eigenvalue weighted by Crippen LogP contribution is -2.24. The van der Waals surface area contributed by atoms with Crippen molar-refractivity contribution in [1.29, 1.82) is 0 Å². The van der Waals surface area contributed by atoms with Crippen molar-refractivity contribution in [2.75, 3.05) is 6.61 Å². The van der Waals surface area contributed by atoms with E-state index in [1.165, 1.54) is 4.57 Å². The van der Waals surface area contributed by atoms with Gasteiger partial charge in [0.2, 0.25) is 0 Å². The first-order chi connectivity index (χ1) is 11.2. The van der Waals surface area contributed by atoms with E-state index < -0.39 is 0 Å². The van der Waals surface area contributed by atoms with Crippen molar-refractivity contribution in [3.8, 4) is 11.4 Å². The summed E-state index contributed by atoms with van der Waals surface area (Å²) in [6.07, 6.45) is 0. The van der Waals surface area contributed by atoms with Crippen molar-refractivity contribution in [2.45, 2.75) is 12.8 Å². The lowest BCUT2D eigenvalue weighted by atomic mass is 10.2. The lowest BCUT2D eigenvalue weighted by molar-refractivity contribution is 0.338. The molecular weight excluding hydrogens is 335 g/mol. The Labute approximate surface area is 143 Å². The summed E-state index contributed by atoms with van der Waals surface area (Å²) in [6, 6.07) is 12.3. The van der Waals surface area contributed by atoms with Crippen LogP contribution in [-0.4, -0.2) is 16.2 Å². The number of alkyl halides is 1.